The Hall–Kier alpha value is -4.12. The molecule has 0 spiro atoms. The van der Waals surface area contributed by atoms with E-state index < -0.39 is 0 Å². The van der Waals surface area contributed by atoms with Gasteiger partial charge in [-0.3, -0.25) is 9.48 Å². The van der Waals surface area contributed by atoms with Gasteiger partial charge in [-0.05, 0) is 30.4 Å². The van der Waals surface area contributed by atoms with E-state index in [0.717, 1.165) is 42.4 Å². The molecule has 37 heavy (non-hydrogen) atoms. The van der Waals surface area contributed by atoms with Crippen LogP contribution in [0.15, 0.2) is 53.6 Å². The third-order valence-corrected chi connectivity index (χ3v) is 7.51. The van der Waals surface area contributed by atoms with Crippen LogP contribution in [-0.4, -0.2) is 67.0 Å². The zero-order valence-electron chi connectivity index (χ0n) is 20.6. The van der Waals surface area contributed by atoms with E-state index >= 15 is 0 Å². The lowest BCUT2D eigenvalue weighted by Gasteiger charge is -2.39. The molecule has 4 heterocycles. The number of methoxy groups -OCH3 is 1. The number of hydrogen-bond donors (Lipinski definition) is 1. The van der Waals surface area contributed by atoms with Gasteiger partial charge in [-0.25, -0.2) is 9.97 Å². The van der Waals surface area contributed by atoms with Gasteiger partial charge in [0.2, 0.25) is 11.9 Å². The van der Waals surface area contributed by atoms with E-state index in [0.29, 0.717) is 30.4 Å². The van der Waals surface area contributed by atoms with Crippen molar-refractivity contribution in [2.45, 2.75) is 43.7 Å². The van der Waals surface area contributed by atoms with Gasteiger partial charge in [0.1, 0.15) is 6.54 Å². The maximum Gasteiger partial charge on any atom is 0.261 e. The molecule has 3 aromatic heterocycles. The zero-order valence-corrected chi connectivity index (χ0v) is 20.6. The number of anilines is 1. The van der Waals surface area contributed by atoms with Crippen molar-refractivity contribution in [1.82, 2.24) is 34.8 Å². The van der Waals surface area contributed by atoms with Crippen LogP contribution in [0.5, 0.6) is 0 Å². The number of hydrogen-bond acceptors (Lipinski definition) is 9. The first-order chi connectivity index (χ1) is 18.0. The summed E-state index contributed by atoms with van der Waals surface area (Å²) in [6.07, 6.45) is 10.8. The smallest absolute Gasteiger partial charge is 0.261 e. The molecular formula is C26H28N8O3. The van der Waals surface area contributed by atoms with Gasteiger partial charge in [0.25, 0.3) is 5.89 Å². The minimum absolute atomic E-state index is 0.0165. The van der Waals surface area contributed by atoms with Crippen LogP contribution in [-0.2, 0) is 21.5 Å². The number of nitrogen functional groups attached to an aromatic ring is 1. The molecule has 2 aliphatic rings. The number of carbonyl (C=O) groups excluding carboxylic acids is 1. The number of carbonyl (C=O) groups is 1. The van der Waals surface area contributed by atoms with Gasteiger partial charge in [-0.1, -0.05) is 35.8 Å². The lowest BCUT2D eigenvalue weighted by atomic mass is 9.64. The van der Waals surface area contributed by atoms with Crippen molar-refractivity contribution in [2.24, 2.45) is 0 Å². The van der Waals surface area contributed by atoms with E-state index in [1.807, 2.05) is 4.90 Å². The van der Waals surface area contributed by atoms with Crippen LogP contribution in [0.2, 0.25) is 0 Å². The Morgan fingerprint density at radius 1 is 1.14 bits per heavy atom. The van der Waals surface area contributed by atoms with E-state index in [-0.39, 0.29) is 29.9 Å². The molecule has 0 radical (unpaired) electrons. The van der Waals surface area contributed by atoms with Crippen LogP contribution >= 0.6 is 0 Å². The number of rotatable bonds is 7. The SMILES string of the molecule is CO[C@H]1CCN(C(=O)Cn2cc(-c3nc(C4(c5ccc(-c6cnc(N)nc6)cc5)CCC4)no3)cn2)C1. The van der Waals surface area contributed by atoms with Crippen LogP contribution in [0.4, 0.5) is 5.95 Å². The first-order valence-electron chi connectivity index (χ1n) is 12.4. The van der Waals surface area contributed by atoms with Crippen LogP contribution in [0.3, 0.4) is 0 Å². The Labute approximate surface area is 213 Å². The average molecular weight is 501 g/mol. The van der Waals surface area contributed by atoms with Crippen LogP contribution < -0.4 is 5.73 Å². The molecule has 4 aromatic rings. The average Bonchev–Trinajstić information content (AvgIpc) is 3.65. The number of nitrogens with zero attached hydrogens (tertiary/aromatic N) is 7. The van der Waals surface area contributed by atoms with Gasteiger partial charge in [0.05, 0.1) is 23.3 Å². The summed E-state index contributed by atoms with van der Waals surface area (Å²) in [6, 6.07) is 8.33. The third-order valence-electron chi connectivity index (χ3n) is 7.51. The first kappa shape index (κ1) is 23.3. The monoisotopic (exact) mass is 500 g/mol. The van der Waals surface area contributed by atoms with E-state index in [2.05, 4.69) is 44.5 Å². The van der Waals surface area contributed by atoms with Gasteiger partial charge in [-0.15, -0.1) is 0 Å². The lowest BCUT2D eigenvalue weighted by molar-refractivity contribution is -0.131. The molecule has 1 amide bonds. The molecule has 2 N–H and O–H groups in total. The largest absolute Gasteiger partial charge is 0.380 e. The van der Waals surface area contributed by atoms with Crippen LogP contribution in [0, 0.1) is 0 Å². The highest BCUT2D eigenvalue weighted by Crippen LogP contribution is 2.48. The highest BCUT2D eigenvalue weighted by atomic mass is 16.5. The van der Waals surface area contributed by atoms with Crippen LogP contribution in [0.1, 0.15) is 37.1 Å². The number of benzene rings is 1. The minimum Gasteiger partial charge on any atom is -0.380 e. The van der Waals surface area contributed by atoms with Gasteiger partial charge in [0.15, 0.2) is 5.82 Å². The summed E-state index contributed by atoms with van der Waals surface area (Å²) < 4.78 is 12.6. The molecule has 2 fully saturated rings. The van der Waals surface area contributed by atoms with Crippen molar-refractivity contribution >= 4 is 11.9 Å². The summed E-state index contributed by atoms with van der Waals surface area (Å²) >= 11 is 0. The van der Waals surface area contributed by atoms with Gasteiger partial charge in [0, 0.05) is 44.4 Å². The molecule has 6 rings (SSSR count). The molecule has 1 aromatic carbocycles. The second-order valence-corrected chi connectivity index (χ2v) is 9.68. The second-order valence-electron chi connectivity index (χ2n) is 9.68. The van der Waals surface area contributed by atoms with Crippen molar-refractivity contribution < 1.29 is 14.1 Å². The molecule has 1 saturated carbocycles. The number of likely N-dealkylation sites (tertiary alicyclic amines) is 1. The van der Waals surface area contributed by atoms with E-state index in [9.17, 15) is 4.79 Å². The Morgan fingerprint density at radius 3 is 2.59 bits per heavy atom. The lowest BCUT2D eigenvalue weighted by Crippen LogP contribution is -2.36. The van der Waals surface area contributed by atoms with Crippen molar-refractivity contribution in [3.05, 3.63) is 60.4 Å². The standard InChI is InChI=1S/C26H28N8O3/c1-36-21-7-10-33(15-21)22(35)16-34-14-19(13-30-34)23-31-24(32-37-23)26(8-2-9-26)20-5-3-17(4-6-20)18-11-28-25(27)29-12-18/h3-6,11-14,21H,2,7-10,15-16H2,1H3,(H2,27,28,29)/t21-/m0/s1. The maximum absolute atomic E-state index is 12.6. The summed E-state index contributed by atoms with van der Waals surface area (Å²) in [5, 5.41) is 8.70. The van der Waals surface area contributed by atoms with Gasteiger partial charge >= 0.3 is 0 Å². The fourth-order valence-corrected chi connectivity index (χ4v) is 5.12. The van der Waals surface area contributed by atoms with E-state index in [1.165, 1.54) is 0 Å². The first-order valence-corrected chi connectivity index (χ1v) is 12.4. The van der Waals surface area contributed by atoms with Gasteiger partial charge in [-0.2, -0.15) is 10.1 Å². The molecule has 190 valence electrons. The quantitative estimate of drug-likeness (QED) is 0.406. The Kier molecular flexibility index (Phi) is 5.91. The number of nitrogens with two attached hydrogens (primary N) is 1. The number of ether oxygens (including phenoxy) is 1. The molecule has 0 unspecified atom stereocenters. The number of amides is 1. The number of aromatic nitrogens is 6. The molecule has 11 nitrogen and oxygen atoms in total. The van der Waals surface area contributed by atoms with E-state index in [4.69, 9.17) is 20.0 Å². The van der Waals surface area contributed by atoms with Crippen molar-refractivity contribution in [1.29, 1.82) is 0 Å². The Bertz CT molecular complexity index is 1390. The molecule has 1 atom stereocenters. The molecule has 1 aliphatic carbocycles. The molecule has 1 aliphatic heterocycles. The Balaban J connectivity index is 1.18. The molecular weight excluding hydrogens is 472 g/mol. The highest BCUT2D eigenvalue weighted by molar-refractivity contribution is 5.76. The van der Waals surface area contributed by atoms with Crippen molar-refractivity contribution in [3.8, 4) is 22.6 Å². The van der Waals surface area contributed by atoms with Crippen molar-refractivity contribution in [2.75, 3.05) is 25.9 Å². The fourth-order valence-electron chi connectivity index (χ4n) is 5.12. The summed E-state index contributed by atoms with van der Waals surface area (Å²) in [4.78, 5) is 27.4. The normalized spacial score (nSPS) is 18.6. The summed E-state index contributed by atoms with van der Waals surface area (Å²) in [5.74, 6) is 1.34. The van der Waals surface area contributed by atoms with Crippen LogP contribution in [0.25, 0.3) is 22.6 Å². The van der Waals surface area contributed by atoms with Crippen molar-refractivity contribution in [3.63, 3.8) is 0 Å². The predicted molar refractivity (Wildman–Crippen MR) is 134 cm³/mol. The third kappa shape index (κ3) is 4.35. The molecule has 1 saturated heterocycles. The Morgan fingerprint density at radius 2 is 1.92 bits per heavy atom. The summed E-state index contributed by atoms with van der Waals surface area (Å²) in [6.45, 7) is 1.48. The topological polar surface area (TPSA) is 138 Å². The fraction of sp³-hybridized carbons (Fsp3) is 0.385. The summed E-state index contributed by atoms with van der Waals surface area (Å²) in [7, 11) is 1.68. The predicted octanol–water partition coefficient (Wildman–Crippen LogP) is 2.69. The molecule has 11 heteroatoms. The minimum atomic E-state index is -0.280. The summed E-state index contributed by atoms with van der Waals surface area (Å²) in [5.41, 5.74) is 9.08. The van der Waals surface area contributed by atoms with Gasteiger partial charge < -0.3 is 19.9 Å². The highest BCUT2D eigenvalue weighted by Gasteiger charge is 2.44. The van der Waals surface area contributed by atoms with E-state index in [1.54, 1.807) is 36.6 Å². The molecule has 0 bridgehead atoms. The maximum atomic E-state index is 12.6. The zero-order chi connectivity index (χ0) is 25.4. The second kappa shape index (κ2) is 9.40.